The van der Waals surface area contributed by atoms with Crippen molar-refractivity contribution in [2.75, 3.05) is 47.6 Å². The Bertz CT molecular complexity index is 845. The summed E-state index contributed by atoms with van der Waals surface area (Å²) >= 11 is 8.47. The molecule has 1 saturated carbocycles. The zero-order valence-electron chi connectivity index (χ0n) is 16.6. The largest absolute Gasteiger partial charge is 0.352 e. The number of rotatable bonds is 5. The molecule has 4 rings (SSSR count). The van der Waals surface area contributed by atoms with Gasteiger partial charge in [0.05, 0.1) is 18.1 Å². The van der Waals surface area contributed by atoms with Gasteiger partial charge in [-0.3, -0.25) is 0 Å². The first kappa shape index (κ1) is 20.4. The Morgan fingerprint density at radius 1 is 1.10 bits per heavy atom. The predicted molar refractivity (Wildman–Crippen MR) is 117 cm³/mol. The number of aromatic nitrogens is 4. The van der Waals surface area contributed by atoms with Gasteiger partial charge in [-0.1, -0.05) is 18.0 Å². The van der Waals surface area contributed by atoms with Crippen LogP contribution in [0.15, 0.2) is 12.4 Å². The Labute approximate surface area is 179 Å². The Hall–Kier alpha value is -1.87. The minimum absolute atomic E-state index is 0.394. The topological polar surface area (TPSA) is 70.1 Å². The van der Waals surface area contributed by atoms with Crippen LogP contribution in [0.2, 0.25) is 5.02 Å². The van der Waals surface area contributed by atoms with Gasteiger partial charge in [0, 0.05) is 37.5 Å². The number of halogens is 2. The molecule has 7 nitrogen and oxygen atoms in total. The third-order valence-electron chi connectivity index (χ3n) is 5.54. The maximum atomic E-state index is 13.1. The highest BCUT2D eigenvalue weighted by molar-refractivity contribution is 7.99. The van der Waals surface area contributed by atoms with Crippen LogP contribution in [-0.2, 0) is 0 Å². The number of nitrogens with one attached hydrogen (secondary N) is 1. The van der Waals surface area contributed by atoms with Crippen LogP contribution in [0.3, 0.4) is 0 Å². The number of nitrogens with zero attached hydrogens (tertiary/aromatic N) is 6. The van der Waals surface area contributed by atoms with Crippen molar-refractivity contribution in [3.8, 4) is 0 Å². The lowest BCUT2D eigenvalue weighted by molar-refractivity contribution is 0.601. The van der Waals surface area contributed by atoms with E-state index >= 15 is 0 Å². The van der Waals surface area contributed by atoms with Gasteiger partial charge in [0.15, 0.2) is 11.6 Å². The van der Waals surface area contributed by atoms with Crippen molar-refractivity contribution in [3.05, 3.63) is 28.9 Å². The smallest absolute Gasteiger partial charge is 0.225 e. The molecule has 1 aliphatic heterocycles. The van der Waals surface area contributed by atoms with Gasteiger partial charge in [0.25, 0.3) is 0 Å². The van der Waals surface area contributed by atoms with Crippen molar-refractivity contribution in [2.24, 2.45) is 0 Å². The predicted octanol–water partition coefficient (Wildman–Crippen LogP) is 3.39. The minimum Gasteiger partial charge on any atom is -0.352 e. The van der Waals surface area contributed by atoms with Gasteiger partial charge < -0.3 is 15.1 Å². The van der Waals surface area contributed by atoms with Crippen molar-refractivity contribution in [1.82, 2.24) is 19.9 Å². The average molecular weight is 438 g/mol. The first-order chi connectivity index (χ1) is 14.0. The average Bonchev–Trinajstić information content (AvgIpc) is 3.18. The molecule has 10 heteroatoms. The molecule has 156 valence electrons. The van der Waals surface area contributed by atoms with E-state index in [9.17, 15) is 4.39 Å². The number of hydrogen-bond donors (Lipinski definition) is 1. The number of piperazine rings is 1. The first-order valence-corrected chi connectivity index (χ1v) is 11.5. The van der Waals surface area contributed by atoms with Gasteiger partial charge in [-0.05, 0) is 26.0 Å². The normalized spacial score (nSPS) is 22.2. The molecule has 0 unspecified atom stereocenters. The van der Waals surface area contributed by atoms with Gasteiger partial charge in [-0.2, -0.15) is 16.7 Å². The van der Waals surface area contributed by atoms with E-state index < -0.39 is 5.82 Å². The van der Waals surface area contributed by atoms with Gasteiger partial charge in [0.2, 0.25) is 11.9 Å². The molecule has 3 heterocycles. The molecule has 2 aromatic heterocycles. The van der Waals surface area contributed by atoms with E-state index in [0.717, 1.165) is 31.0 Å². The molecule has 2 aromatic rings. The molecule has 29 heavy (non-hydrogen) atoms. The molecule has 1 aliphatic carbocycles. The third kappa shape index (κ3) is 4.50. The number of hydrogen-bond acceptors (Lipinski definition) is 8. The molecule has 2 fully saturated rings. The van der Waals surface area contributed by atoms with E-state index in [1.807, 2.05) is 23.6 Å². The Kier molecular flexibility index (Phi) is 6.24. The second kappa shape index (κ2) is 8.87. The molecule has 0 bridgehead atoms. The van der Waals surface area contributed by atoms with Gasteiger partial charge in [-0.25, -0.2) is 19.3 Å². The lowest BCUT2D eigenvalue weighted by Crippen LogP contribution is -2.47. The van der Waals surface area contributed by atoms with E-state index in [1.54, 1.807) is 0 Å². The van der Waals surface area contributed by atoms with Crippen LogP contribution in [0.5, 0.6) is 0 Å². The number of anilines is 3. The molecule has 2 aliphatic rings. The Morgan fingerprint density at radius 2 is 1.79 bits per heavy atom. The summed E-state index contributed by atoms with van der Waals surface area (Å²) in [6, 6.07) is 0.394. The summed E-state index contributed by atoms with van der Waals surface area (Å²) in [6.07, 6.45) is 8.16. The van der Waals surface area contributed by atoms with Crippen molar-refractivity contribution in [2.45, 2.75) is 37.5 Å². The summed E-state index contributed by atoms with van der Waals surface area (Å²) in [5, 5.41) is 4.72. The van der Waals surface area contributed by atoms with Crippen LogP contribution >= 0.6 is 23.4 Å². The van der Waals surface area contributed by atoms with Gasteiger partial charge in [0.1, 0.15) is 5.02 Å². The third-order valence-corrected chi connectivity index (χ3v) is 7.15. The summed E-state index contributed by atoms with van der Waals surface area (Å²) in [7, 11) is 0. The maximum absolute atomic E-state index is 13.1. The van der Waals surface area contributed by atoms with E-state index in [-0.39, 0.29) is 0 Å². The molecule has 0 amide bonds. The second-order valence-corrected chi connectivity index (χ2v) is 8.86. The quantitative estimate of drug-likeness (QED) is 0.763. The zero-order chi connectivity index (χ0) is 20.4. The van der Waals surface area contributed by atoms with Crippen molar-refractivity contribution >= 4 is 41.1 Å². The van der Waals surface area contributed by atoms with E-state index in [1.165, 1.54) is 25.2 Å². The first-order valence-electron chi connectivity index (χ1n) is 9.86. The molecule has 2 atom stereocenters. The molecule has 1 saturated heterocycles. The summed E-state index contributed by atoms with van der Waals surface area (Å²) in [6.45, 7) is 4.80. The van der Waals surface area contributed by atoms with E-state index in [0.29, 0.717) is 41.3 Å². The second-order valence-electron chi connectivity index (χ2n) is 7.40. The van der Waals surface area contributed by atoms with Crippen LogP contribution in [0.25, 0.3) is 0 Å². The summed E-state index contributed by atoms with van der Waals surface area (Å²) in [4.78, 5) is 21.7. The standard InChI is InChI=1S/C19H25ClFN7S/c1-12-16(20)17(26-18(24-12)25-14-4-3-5-15(14)29-2)27-6-8-28(9-7-27)19-22-10-13(21)11-23-19/h10-11,14-15H,3-9H2,1-2H3,(H,24,25,26)/t14-,15-/m1/s1. The summed E-state index contributed by atoms with van der Waals surface area (Å²) in [5.74, 6) is 1.53. The number of aryl methyl sites for hydroxylation is 1. The van der Waals surface area contributed by atoms with Crippen LogP contribution in [0.4, 0.5) is 22.1 Å². The summed E-state index contributed by atoms with van der Waals surface area (Å²) in [5.41, 5.74) is 0.780. The fourth-order valence-corrected chi connectivity index (χ4v) is 5.08. The molecular weight excluding hydrogens is 413 g/mol. The monoisotopic (exact) mass is 437 g/mol. The van der Waals surface area contributed by atoms with Crippen LogP contribution in [-0.4, -0.2) is 63.7 Å². The highest BCUT2D eigenvalue weighted by Crippen LogP contribution is 2.32. The Morgan fingerprint density at radius 3 is 2.48 bits per heavy atom. The van der Waals surface area contributed by atoms with Crippen molar-refractivity contribution in [1.29, 1.82) is 0 Å². The highest BCUT2D eigenvalue weighted by Gasteiger charge is 2.28. The maximum Gasteiger partial charge on any atom is 0.225 e. The zero-order valence-corrected chi connectivity index (χ0v) is 18.2. The van der Waals surface area contributed by atoms with E-state index in [4.69, 9.17) is 16.6 Å². The molecule has 0 spiro atoms. The van der Waals surface area contributed by atoms with Crippen LogP contribution in [0, 0.1) is 12.7 Å². The van der Waals surface area contributed by atoms with E-state index in [2.05, 4.69) is 31.4 Å². The van der Waals surface area contributed by atoms with Gasteiger partial charge >= 0.3 is 0 Å². The number of thioether (sulfide) groups is 1. The Balaban J connectivity index is 1.47. The van der Waals surface area contributed by atoms with Crippen LogP contribution in [0.1, 0.15) is 25.0 Å². The lowest BCUT2D eigenvalue weighted by atomic mass is 10.2. The van der Waals surface area contributed by atoms with Crippen LogP contribution < -0.4 is 15.1 Å². The molecular formula is C19H25ClFN7S. The SMILES string of the molecule is CS[C@@H]1CCC[C@H]1Nc1nc(C)c(Cl)c(N2CCN(c3ncc(F)cn3)CC2)n1. The molecule has 0 radical (unpaired) electrons. The fourth-order valence-electron chi connectivity index (χ4n) is 3.94. The minimum atomic E-state index is -0.429. The van der Waals surface area contributed by atoms with Gasteiger partial charge in [-0.15, -0.1) is 0 Å². The summed E-state index contributed by atoms with van der Waals surface area (Å²) < 4.78 is 13.1. The molecule has 1 N–H and O–H groups in total. The van der Waals surface area contributed by atoms with Crippen molar-refractivity contribution < 1.29 is 4.39 Å². The van der Waals surface area contributed by atoms with Crippen molar-refractivity contribution in [3.63, 3.8) is 0 Å². The highest BCUT2D eigenvalue weighted by atomic mass is 35.5. The fraction of sp³-hybridized carbons (Fsp3) is 0.579. The molecule has 0 aromatic carbocycles. The lowest BCUT2D eigenvalue weighted by Gasteiger charge is -2.36.